The van der Waals surface area contributed by atoms with Gasteiger partial charge in [0.2, 0.25) is 0 Å². The average molecular weight is 204 g/mol. The van der Waals surface area contributed by atoms with Crippen molar-refractivity contribution >= 4 is 0 Å². The Morgan fingerprint density at radius 2 is 1.93 bits per heavy atom. The van der Waals surface area contributed by atoms with Crippen LogP contribution in [0.3, 0.4) is 0 Å². The number of rotatable bonds is 0. The van der Waals surface area contributed by atoms with Crippen LogP contribution in [0.2, 0.25) is 0 Å². The minimum atomic E-state index is 0.655. The Morgan fingerprint density at radius 1 is 1.20 bits per heavy atom. The molecule has 0 aliphatic heterocycles. The van der Waals surface area contributed by atoms with Crippen LogP contribution in [0.5, 0.6) is 0 Å². The van der Waals surface area contributed by atoms with Gasteiger partial charge in [-0.25, -0.2) is 0 Å². The first kappa shape index (κ1) is 9.93. The van der Waals surface area contributed by atoms with Crippen molar-refractivity contribution in [2.75, 3.05) is 0 Å². The second-order valence-corrected chi connectivity index (χ2v) is 6.89. The van der Waals surface area contributed by atoms with Gasteiger partial charge in [-0.05, 0) is 60.7 Å². The van der Waals surface area contributed by atoms with Gasteiger partial charge < -0.3 is 0 Å². The van der Waals surface area contributed by atoms with Crippen LogP contribution < -0.4 is 0 Å². The van der Waals surface area contributed by atoms with Crippen LogP contribution >= 0.6 is 0 Å². The summed E-state index contributed by atoms with van der Waals surface area (Å²) in [5, 5.41) is 0. The van der Waals surface area contributed by atoms with Crippen molar-refractivity contribution in [2.24, 2.45) is 35.0 Å². The van der Waals surface area contributed by atoms with Crippen molar-refractivity contribution in [3.63, 3.8) is 0 Å². The molecule has 15 heavy (non-hydrogen) atoms. The van der Waals surface area contributed by atoms with Crippen LogP contribution in [-0.2, 0) is 0 Å². The highest BCUT2D eigenvalue weighted by Crippen LogP contribution is 2.70. The molecule has 3 fully saturated rings. The Kier molecular flexibility index (Phi) is 1.92. The molecule has 3 aliphatic rings. The molecular formula is C15H24. The summed E-state index contributed by atoms with van der Waals surface area (Å²) in [6.45, 7) is 11.8. The number of hydrogen-bond acceptors (Lipinski definition) is 0. The first-order valence-corrected chi connectivity index (χ1v) is 6.71. The molecule has 3 rings (SSSR count). The van der Waals surface area contributed by atoms with Gasteiger partial charge in [-0.15, -0.1) is 0 Å². The molecule has 84 valence electrons. The number of hydrogen-bond donors (Lipinski definition) is 0. The van der Waals surface area contributed by atoms with E-state index in [0.717, 1.165) is 29.6 Å². The van der Waals surface area contributed by atoms with E-state index in [4.69, 9.17) is 0 Å². The molecule has 0 aromatic heterocycles. The maximum atomic E-state index is 4.35. The van der Waals surface area contributed by atoms with E-state index in [1.54, 1.807) is 5.57 Å². The van der Waals surface area contributed by atoms with Gasteiger partial charge in [0, 0.05) is 0 Å². The van der Waals surface area contributed by atoms with E-state index in [-0.39, 0.29) is 0 Å². The first-order chi connectivity index (χ1) is 7.03. The molecule has 0 nitrogen and oxygen atoms in total. The third-order valence-electron chi connectivity index (χ3n) is 5.91. The Bertz CT molecular complexity index is 299. The normalized spacial score (nSPS) is 51.9. The van der Waals surface area contributed by atoms with E-state index in [9.17, 15) is 0 Å². The monoisotopic (exact) mass is 204 g/mol. The van der Waals surface area contributed by atoms with Crippen molar-refractivity contribution < 1.29 is 0 Å². The molecule has 0 aromatic rings. The lowest BCUT2D eigenvalue weighted by atomic mass is 9.80. The van der Waals surface area contributed by atoms with Gasteiger partial charge in [-0.2, -0.15) is 0 Å². The van der Waals surface area contributed by atoms with Crippen LogP contribution in [0.25, 0.3) is 0 Å². The van der Waals surface area contributed by atoms with Gasteiger partial charge in [0.1, 0.15) is 0 Å². The Hall–Kier alpha value is -0.260. The fraction of sp³-hybridized carbons (Fsp3) is 0.867. The Balaban J connectivity index is 1.93. The summed E-state index contributed by atoms with van der Waals surface area (Å²) in [4.78, 5) is 0. The van der Waals surface area contributed by atoms with Crippen LogP contribution in [0, 0.1) is 35.0 Å². The van der Waals surface area contributed by atoms with Crippen LogP contribution in [0.1, 0.15) is 46.5 Å². The highest BCUT2D eigenvalue weighted by molar-refractivity contribution is 5.20. The molecule has 0 N–H and O–H groups in total. The van der Waals surface area contributed by atoms with Crippen LogP contribution in [0.15, 0.2) is 12.2 Å². The highest BCUT2D eigenvalue weighted by atomic mass is 14.7. The molecule has 4 unspecified atom stereocenters. The van der Waals surface area contributed by atoms with E-state index in [1.807, 2.05) is 0 Å². The Morgan fingerprint density at radius 3 is 2.67 bits per heavy atom. The zero-order valence-electron chi connectivity index (χ0n) is 10.4. The molecule has 0 heteroatoms. The molecule has 5 atom stereocenters. The fourth-order valence-electron chi connectivity index (χ4n) is 4.93. The number of allylic oxidation sites excluding steroid dienone is 1. The molecule has 0 heterocycles. The molecule has 0 bridgehead atoms. The summed E-state index contributed by atoms with van der Waals surface area (Å²) < 4.78 is 0. The van der Waals surface area contributed by atoms with Gasteiger partial charge in [-0.1, -0.05) is 32.9 Å². The third-order valence-corrected chi connectivity index (χ3v) is 5.91. The van der Waals surface area contributed by atoms with Gasteiger partial charge in [-0.3, -0.25) is 0 Å². The van der Waals surface area contributed by atoms with E-state index in [2.05, 4.69) is 27.4 Å². The minimum absolute atomic E-state index is 0.655. The number of fused-ring (bicyclic) bond motifs is 3. The maximum absolute atomic E-state index is 4.35. The van der Waals surface area contributed by atoms with Crippen molar-refractivity contribution in [1.82, 2.24) is 0 Å². The second-order valence-electron chi connectivity index (χ2n) is 6.89. The minimum Gasteiger partial charge on any atom is -0.0996 e. The molecule has 0 aromatic carbocycles. The average Bonchev–Trinajstić information content (AvgIpc) is 2.55. The lowest BCUT2D eigenvalue weighted by Crippen LogP contribution is -2.18. The summed E-state index contributed by atoms with van der Waals surface area (Å²) in [6.07, 6.45) is 5.63. The molecule has 0 radical (unpaired) electrons. The van der Waals surface area contributed by atoms with Gasteiger partial charge >= 0.3 is 0 Å². The van der Waals surface area contributed by atoms with E-state index >= 15 is 0 Å². The van der Waals surface area contributed by atoms with Crippen LogP contribution in [0.4, 0.5) is 0 Å². The van der Waals surface area contributed by atoms with Gasteiger partial charge in [0.25, 0.3) is 0 Å². The zero-order chi connectivity index (χ0) is 10.8. The summed E-state index contributed by atoms with van der Waals surface area (Å²) in [5.74, 6) is 4.87. The lowest BCUT2D eigenvalue weighted by molar-refractivity contribution is 0.280. The SMILES string of the molecule is C=C1CCC2C([C@@H]3C(C)CCC13)C2(C)C. The van der Waals surface area contributed by atoms with Crippen LogP contribution in [-0.4, -0.2) is 0 Å². The smallest absolute Gasteiger partial charge is 0.0172 e. The predicted octanol–water partition coefficient (Wildman–Crippen LogP) is 4.27. The largest absolute Gasteiger partial charge is 0.0996 e. The van der Waals surface area contributed by atoms with E-state index in [1.165, 1.54) is 25.7 Å². The summed E-state index contributed by atoms with van der Waals surface area (Å²) >= 11 is 0. The first-order valence-electron chi connectivity index (χ1n) is 6.71. The van der Waals surface area contributed by atoms with Crippen molar-refractivity contribution in [1.29, 1.82) is 0 Å². The fourth-order valence-corrected chi connectivity index (χ4v) is 4.93. The van der Waals surface area contributed by atoms with E-state index < -0.39 is 0 Å². The summed E-state index contributed by atoms with van der Waals surface area (Å²) in [5.41, 5.74) is 2.25. The summed E-state index contributed by atoms with van der Waals surface area (Å²) in [6, 6.07) is 0. The molecule has 3 saturated carbocycles. The van der Waals surface area contributed by atoms with Crippen molar-refractivity contribution in [3.8, 4) is 0 Å². The predicted molar refractivity (Wildman–Crippen MR) is 64.5 cm³/mol. The standard InChI is InChI=1S/C15H24/c1-9-6-8-12-14(15(12,3)4)13-10(2)5-7-11(9)13/h10-14H,1,5-8H2,2-4H3/t10?,11?,12?,13-,14?/m1/s1. The lowest BCUT2D eigenvalue weighted by Gasteiger charge is -2.25. The molecule has 3 aliphatic carbocycles. The highest BCUT2D eigenvalue weighted by Gasteiger charge is 2.64. The quantitative estimate of drug-likeness (QED) is 0.517. The molecule has 0 amide bonds. The second kappa shape index (κ2) is 2.90. The van der Waals surface area contributed by atoms with Gasteiger partial charge in [0.05, 0.1) is 0 Å². The summed E-state index contributed by atoms with van der Waals surface area (Å²) in [7, 11) is 0. The third kappa shape index (κ3) is 1.20. The van der Waals surface area contributed by atoms with Crippen molar-refractivity contribution in [2.45, 2.75) is 46.5 Å². The zero-order valence-corrected chi connectivity index (χ0v) is 10.4. The molecule has 0 spiro atoms. The Labute approximate surface area is 94.1 Å². The van der Waals surface area contributed by atoms with Gasteiger partial charge in [0.15, 0.2) is 0 Å². The van der Waals surface area contributed by atoms with Crippen molar-refractivity contribution in [3.05, 3.63) is 12.2 Å². The van der Waals surface area contributed by atoms with E-state index in [0.29, 0.717) is 5.41 Å². The molecule has 0 saturated heterocycles. The maximum Gasteiger partial charge on any atom is -0.0172 e. The topological polar surface area (TPSA) is 0 Å². The molecular weight excluding hydrogens is 180 g/mol.